The second-order valence-corrected chi connectivity index (χ2v) is 5.77. The van der Waals surface area contributed by atoms with Crippen LogP contribution < -0.4 is 14.8 Å². The first-order valence-electron chi connectivity index (χ1n) is 6.62. The molecule has 2 aromatic carbocycles. The quantitative estimate of drug-likeness (QED) is 0.703. The minimum absolute atomic E-state index is 0.240. The van der Waals surface area contributed by atoms with Crippen LogP contribution in [0.25, 0.3) is 0 Å². The van der Waals surface area contributed by atoms with Crippen LogP contribution >= 0.6 is 22.6 Å². The van der Waals surface area contributed by atoms with Crippen molar-refractivity contribution in [3.8, 4) is 11.5 Å². The van der Waals surface area contributed by atoms with Gasteiger partial charge in [-0.05, 0) is 71.1 Å². The van der Waals surface area contributed by atoms with Crippen molar-refractivity contribution < 1.29 is 14.6 Å². The summed E-state index contributed by atoms with van der Waals surface area (Å²) >= 11 is 2.26. The summed E-state index contributed by atoms with van der Waals surface area (Å²) in [5.41, 5.74) is 0.985. The lowest BCUT2D eigenvalue weighted by Gasteiger charge is -2.14. The van der Waals surface area contributed by atoms with Crippen LogP contribution in [0.3, 0.4) is 0 Å². The lowest BCUT2D eigenvalue weighted by atomic mass is 10.3. The number of aliphatic hydroxyl groups is 1. The monoisotopic (exact) mass is 399 g/mol. The third kappa shape index (κ3) is 5.43. The average molecular weight is 399 g/mol. The van der Waals surface area contributed by atoms with E-state index < -0.39 is 6.10 Å². The van der Waals surface area contributed by atoms with Crippen LogP contribution in [0, 0.1) is 3.57 Å². The maximum atomic E-state index is 9.91. The number of nitrogens with one attached hydrogen (secondary N) is 1. The molecule has 5 heteroatoms. The normalized spacial score (nSPS) is 11.8. The maximum absolute atomic E-state index is 9.91. The van der Waals surface area contributed by atoms with Crippen molar-refractivity contribution in [2.45, 2.75) is 6.10 Å². The number of hydrogen-bond acceptors (Lipinski definition) is 4. The number of anilines is 1. The van der Waals surface area contributed by atoms with Crippen LogP contribution in [-0.2, 0) is 0 Å². The average Bonchev–Trinajstić information content (AvgIpc) is 2.53. The largest absolute Gasteiger partial charge is 0.497 e. The van der Waals surface area contributed by atoms with Gasteiger partial charge in [-0.2, -0.15) is 0 Å². The Hall–Kier alpha value is -1.47. The highest BCUT2D eigenvalue weighted by atomic mass is 127. The lowest BCUT2D eigenvalue weighted by molar-refractivity contribution is 0.117. The van der Waals surface area contributed by atoms with E-state index >= 15 is 0 Å². The topological polar surface area (TPSA) is 50.7 Å². The predicted molar refractivity (Wildman–Crippen MR) is 92.1 cm³/mol. The number of halogens is 1. The minimum atomic E-state index is -0.577. The third-order valence-corrected chi connectivity index (χ3v) is 3.61. The van der Waals surface area contributed by atoms with Gasteiger partial charge in [0.1, 0.15) is 24.2 Å². The summed E-state index contributed by atoms with van der Waals surface area (Å²) in [7, 11) is 1.62. The van der Waals surface area contributed by atoms with Gasteiger partial charge in [0.25, 0.3) is 0 Å². The number of aliphatic hydroxyl groups excluding tert-OH is 1. The molecule has 0 aliphatic heterocycles. The fourth-order valence-corrected chi connectivity index (χ4v) is 2.09. The molecule has 0 bridgehead atoms. The molecule has 112 valence electrons. The fourth-order valence-electron chi connectivity index (χ4n) is 1.73. The molecule has 2 aromatic rings. The molecule has 0 saturated heterocycles. The molecule has 0 fully saturated rings. The van der Waals surface area contributed by atoms with Crippen LogP contribution in [0.15, 0.2) is 48.5 Å². The zero-order valence-electron chi connectivity index (χ0n) is 11.8. The van der Waals surface area contributed by atoms with Gasteiger partial charge in [-0.15, -0.1) is 0 Å². The first-order valence-corrected chi connectivity index (χ1v) is 7.69. The van der Waals surface area contributed by atoms with E-state index in [0.717, 1.165) is 11.4 Å². The molecular formula is C16H18INO3. The highest BCUT2D eigenvalue weighted by Crippen LogP contribution is 2.17. The summed E-state index contributed by atoms with van der Waals surface area (Å²) in [6.45, 7) is 0.681. The van der Waals surface area contributed by atoms with Gasteiger partial charge in [-0.1, -0.05) is 0 Å². The van der Waals surface area contributed by atoms with Gasteiger partial charge >= 0.3 is 0 Å². The van der Waals surface area contributed by atoms with Crippen LogP contribution in [-0.4, -0.2) is 31.5 Å². The van der Waals surface area contributed by atoms with Gasteiger partial charge in [-0.25, -0.2) is 0 Å². The van der Waals surface area contributed by atoms with Crippen molar-refractivity contribution in [1.29, 1.82) is 0 Å². The molecule has 0 amide bonds. The first-order chi connectivity index (χ1) is 10.2. The summed E-state index contributed by atoms with van der Waals surface area (Å²) in [6.07, 6.45) is -0.577. The molecule has 0 saturated carbocycles. The molecule has 2 rings (SSSR count). The molecule has 2 N–H and O–H groups in total. The Morgan fingerprint density at radius 2 is 1.67 bits per heavy atom. The van der Waals surface area contributed by atoms with E-state index in [-0.39, 0.29) is 6.61 Å². The van der Waals surface area contributed by atoms with Crippen molar-refractivity contribution in [1.82, 2.24) is 0 Å². The van der Waals surface area contributed by atoms with Gasteiger partial charge in [0.2, 0.25) is 0 Å². The van der Waals surface area contributed by atoms with E-state index in [0.29, 0.717) is 12.3 Å². The standard InChI is InChI=1S/C16H18INO3/c1-20-15-6-8-16(9-7-15)21-11-14(19)10-18-13-4-2-12(17)3-5-13/h2-9,14,18-19H,10-11H2,1H3. The van der Waals surface area contributed by atoms with Gasteiger partial charge in [-0.3, -0.25) is 0 Å². The van der Waals surface area contributed by atoms with E-state index in [2.05, 4.69) is 27.9 Å². The Kier molecular flexibility index (Phi) is 6.13. The first kappa shape index (κ1) is 15.9. The third-order valence-electron chi connectivity index (χ3n) is 2.89. The minimum Gasteiger partial charge on any atom is -0.497 e. The fraction of sp³-hybridized carbons (Fsp3) is 0.250. The number of ether oxygens (including phenoxy) is 2. The summed E-state index contributed by atoms with van der Waals surface area (Å²) in [6, 6.07) is 15.3. The molecule has 0 aromatic heterocycles. The Morgan fingerprint density at radius 3 is 2.29 bits per heavy atom. The highest BCUT2D eigenvalue weighted by molar-refractivity contribution is 14.1. The van der Waals surface area contributed by atoms with Gasteiger partial charge in [0, 0.05) is 15.8 Å². The van der Waals surface area contributed by atoms with Gasteiger partial charge in [0.15, 0.2) is 0 Å². The van der Waals surface area contributed by atoms with Crippen LogP contribution in [0.2, 0.25) is 0 Å². The molecule has 1 atom stereocenters. The van der Waals surface area contributed by atoms with Crippen LogP contribution in [0.5, 0.6) is 11.5 Å². The van der Waals surface area contributed by atoms with E-state index in [1.807, 2.05) is 48.5 Å². The number of rotatable bonds is 7. The summed E-state index contributed by atoms with van der Waals surface area (Å²) < 4.78 is 11.8. The van der Waals surface area contributed by atoms with Crippen molar-refractivity contribution >= 4 is 28.3 Å². The number of benzene rings is 2. The summed E-state index contributed by atoms with van der Waals surface area (Å²) in [5, 5.41) is 13.1. The Morgan fingerprint density at radius 1 is 1.05 bits per heavy atom. The maximum Gasteiger partial charge on any atom is 0.119 e. The van der Waals surface area contributed by atoms with E-state index in [9.17, 15) is 5.11 Å². The molecule has 0 radical (unpaired) electrons. The van der Waals surface area contributed by atoms with Crippen molar-refractivity contribution in [3.05, 3.63) is 52.1 Å². The van der Waals surface area contributed by atoms with Crippen LogP contribution in [0.1, 0.15) is 0 Å². The molecule has 0 aliphatic rings. The Balaban J connectivity index is 1.73. The highest BCUT2D eigenvalue weighted by Gasteiger charge is 2.05. The summed E-state index contributed by atoms with van der Waals surface area (Å²) in [5.74, 6) is 1.49. The van der Waals surface area contributed by atoms with Crippen LogP contribution in [0.4, 0.5) is 5.69 Å². The second kappa shape index (κ2) is 8.09. The molecular weight excluding hydrogens is 381 g/mol. The van der Waals surface area contributed by atoms with Crippen molar-refractivity contribution in [2.75, 3.05) is 25.6 Å². The molecule has 0 heterocycles. The Bertz CT molecular complexity index is 542. The SMILES string of the molecule is COc1ccc(OCC(O)CNc2ccc(I)cc2)cc1. The van der Waals surface area contributed by atoms with E-state index in [4.69, 9.17) is 9.47 Å². The van der Waals surface area contributed by atoms with Crippen molar-refractivity contribution in [2.24, 2.45) is 0 Å². The lowest BCUT2D eigenvalue weighted by Crippen LogP contribution is -2.26. The molecule has 0 spiro atoms. The molecule has 1 unspecified atom stereocenters. The zero-order valence-corrected chi connectivity index (χ0v) is 13.9. The van der Waals surface area contributed by atoms with Gasteiger partial charge < -0.3 is 19.9 Å². The second-order valence-electron chi connectivity index (χ2n) is 4.53. The smallest absolute Gasteiger partial charge is 0.119 e. The summed E-state index contributed by atoms with van der Waals surface area (Å²) in [4.78, 5) is 0. The Labute approximate surface area is 138 Å². The molecule has 4 nitrogen and oxygen atoms in total. The molecule has 0 aliphatic carbocycles. The number of hydrogen-bond donors (Lipinski definition) is 2. The van der Waals surface area contributed by atoms with Gasteiger partial charge in [0.05, 0.1) is 7.11 Å². The van der Waals surface area contributed by atoms with E-state index in [1.165, 1.54) is 3.57 Å². The van der Waals surface area contributed by atoms with E-state index in [1.54, 1.807) is 7.11 Å². The zero-order chi connectivity index (χ0) is 15.1. The number of methoxy groups -OCH3 is 1. The predicted octanol–water partition coefficient (Wildman–Crippen LogP) is 3.15. The molecule has 21 heavy (non-hydrogen) atoms. The van der Waals surface area contributed by atoms with Crippen molar-refractivity contribution in [3.63, 3.8) is 0 Å².